The van der Waals surface area contributed by atoms with Gasteiger partial charge in [0.1, 0.15) is 18.4 Å². The fraction of sp³-hybridized carbons (Fsp3) is 0.481. The Balaban J connectivity index is 1.23. The van der Waals surface area contributed by atoms with Gasteiger partial charge in [0.05, 0.1) is 0 Å². The van der Waals surface area contributed by atoms with Gasteiger partial charge < -0.3 is 9.64 Å². The highest BCUT2D eigenvalue weighted by molar-refractivity contribution is 6.05. The number of piperidine rings is 2. The maximum absolute atomic E-state index is 12.9. The largest absolute Gasteiger partial charge is 0.492 e. The van der Waals surface area contributed by atoms with Crippen LogP contribution in [0.25, 0.3) is 0 Å². The van der Waals surface area contributed by atoms with Crippen molar-refractivity contribution in [1.82, 2.24) is 20.1 Å². The summed E-state index contributed by atoms with van der Waals surface area (Å²) in [7, 11) is 0. The van der Waals surface area contributed by atoms with Crippen molar-refractivity contribution in [3.8, 4) is 5.75 Å². The molecule has 2 saturated heterocycles. The quantitative estimate of drug-likeness (QED) is 0.618. The number of nitrogens with zero attached hydrogens (tertiary/aromatic N) is 3. The molecule has 4 heterocycles. The summed E-state index contributed by atoms with van der Waals surface area (Å²) in [6.07, 6.45) is 6.87. The van der Waals surface area contributed by atoms with Crippen LogP contribution in [0.1, 0.15) is 66.2 Å². The molecule has 1 N–H and O–H groups in total. The van der Waals surface area contributed by atoms with E-state index in [4.69, 9.17) is 4.74 Å². The number of carbonyl (C=O) groups is 3. The maximum Gasteiger partial charge on any atom is 0.255 e. The number of carbonyl (C=O) groups excluding carboxylic acids is 3. The summed E-state index contributed by atoms with van der Waals surface area (Å²) in [6, 6.07) is 9.45. The fourth-order valence-electron chi connectivity index (χ4n) is 5.44. The summed E-state index contributed by atoms with van der Waals surface area (Å²) in [5.74, 6) is -0.0982. The lowest BCUT2D eigenvalue weighted by Crippen LogP contribution is -2.52. The number of amides is 3. The first-order valence-corrected chi connectivity index (χ1v) is 12.6. The summed E-state index contributed by atoms with van der Waals surface area (Å²) >= 11 is 0. The number of pyridine rings is 1. The first-order chi connectivity index (χ1) is 17.0. The molecular formula is C27H32N4O4. The van der Waals surface area contributed by atoms with Gasteiger partial charge in [0.2, 0.25) is 11.8 Å². The molecule has 1 unspecified atom stereocenters. The first-order valence-electron chi connectivity index (χ1n) is 12.6. The Bertz CT molecular complexity index is 1130. The van der Waals surface area contributed by atoms with Crippen LogP contribution in [-0.4, -0.2) is 57.7 Å². The Morgan fingerprint density at radius 2 is 2.03 bits per heavy atom. The second-order valence-electron chi connectivity index (χ2n) is 9.61. The lowest BCUT2D eigenvalue weighted by molar-refractivity contribution is -0.136. The van der Waals surface area contributed by atoms with E-state index in [9.17, 15) is 14.4 Å². The molecule has 0 aliphatic carbocycles. The Kier molecular flexibility index (Phi) is 6.81. The van der Waals surface area contributed by atoms with Gasteiger partial charge in [0, 0.05) is 43.0 Å². The summed E-state index contributed by atoms with van der Waals surface area (Å²) in [5.41, 5.74) is 3.90. The number of ether oxygens (including phenoxy) is 1. The van der Waals surface area contributed by atoms with Crippen molar-refractivity contribution in [3.63, 3.8) is 0 Å². The van der Waals surface area contributed by atoms with E-state index in [0.29, 0.717) is 31.2 Å². The molecule has 2 atom stereocenters. The Hall–Kier alpha value is -3.26. The molecule has 2 aromatic rings. The second kappa shape index (κ2) is 10.2. The van der Waals surface area contributed by atoms with E-state index in [-0.39, 0.29) is 18.2 Å². The standard InChI is InChI=1S/C27H32N4O4/c1-2-23-18(6-5-12-28-23)15-30-13-4-3-7-20(30)17-35-21-8-9-22-19(14-21)16-31(27(22)34)24-10-11-25(32)29-26(24)33/h5-6,8-9,12,14,20,24H,2-4,7,10-11,13,15-17H2,1H3,(H,29,32,33)/t20-,24?/m1/s1. The Labute approximate surface area is 205 Å². The van der Waals surface area contributed by atoms with Crippen molar-refractivity contribution in [2.24, 2.45) is 0 Å². The van der Waals surface area contributed by atoms with Crippen LogP contribution in [0.5, 0.6) is 5.75 Å². The van der Waals surface area contributed by atoms with Gasteiger partial charge in [-0.05, 0) is 67.6 Å². The van der Waals surface area contributed by atoms with Crippen LogP contribution in [0.4, 0.5) is 0 Å². The van der Waals surface area contributed by atoms with Gasteiger partial charge in [-0.3, -0.25) is 29.6 Å². The lowest BCUT2D eigenvalue weighted by atomic mass is 10.0. The molecule has 0 saturated carbocycles. The molecule has 0 bridgehead atoms. The minimum absolute atomic E-state index is 0.164. The molecule has 1 aromatic carbocycles. The molecule has 0 radical (unpaired) electrons. The number of benzene rings is 1. The number of rotatable bonds is 7. The Morgan fingerprint density at radius 1 is 1.14 bits per heavy atom. The van der Waals surface area contributed by atoms with Crippen molar-refractivity contribution < 1.29 is 19.1 Å². The molecule has 0 spiro atoms. The average Bonchev–Trinajstić information content (AvgIpc) is 3.19. The van der Waals surface area contributed by atoms with E-state index in [1.807, 2.05) is 24.4 Å². The summed E-state index contributed by atoms with van der Waals surface area (Å²) in [4.78, 5) is 45.3. The van der Waals surface area contributed by atoms with Gasteiger partial charge >= 0.3 is 0 Å². The molecule has 2 fully saturated rings. The van der Waals surface area contributed by atoms with Crippen molar-refractivity contribution in [1.29, 1.82) is 0 Å². The van der Waals surface area contributed by atoms with E-state index < -0.39 is 11.9 Å². The van der Waals surface area contributed by atoms with Gasteiger partial charge in [0.25, 0.3) is 5.91 Å². The zero-order valence-corrected chi connectivity index (χ0v) is 20.2. The highest BCUT2D eigenvalue weighted by Crippen LogP contribution is 2.30. The minimum atomic E-state index is -0.603. The zero-order chi connectivity index (χ0) is 24.4. The minimum Gasteiger partial charge on any atom is -0.492 e. The van der Waals surface area contributed by atoms with Crippen LogP contribution in [-0.2, 0) is 29.1 Å². The average molecular weight is 477 g/mol. The second-order valence-corrected chi connectivity index (χ2v) is 9.61. The zero-order valence-electron chi connectivity index (χ0n) is 20.2. The van der Waals surface area contributed by atoms with Crippen LogP contribution in [0.3, 0.4) is 0 Å². The van der Waals surface area contributed by atoms with E-state index in [2.05, 4.69) is 28.2 Å². The molecule has 8 nitrogen and oxygen atoms in total. The van der Waals surface area contributed by atoms with Gasteiger partial charge in [-0.25, -0.2) is 0 Å². The van der Waals surface area contributed by atoms with E-state index in [1.54, 1.807) is 11.0 Å². The maximum atomic E-state index is 12.9. The van der Waals surface area contributed by atoms with E-state index in [0.717, 1.165) is 42.9 Å². The molecule has 184 valence electrons. The molecular weight excluding hydrogens is 444 g/mol. The monoisotopic (exact) mass is 476 g/mol. The van der Waals surface area contributed by atoms with Gasteiger partial charge in [-0.1, -0.05) is 19.4 Å². The van der Waals surface area contributed by atoms with Crippen LogP contribution in [0.15, 0.2) is 36.5 Å². The van der Waals surface area contributed by atoms with Crippen LogP contribution in [0.2, 0.25) is 0 Å². The lowest BCUT2D eigenvalue weighted by Gasteiger charge is -2.35. The molecule has 8 heteroatoms. The van der Waals surface area contributed by atoms with E-state index >= 15 is 0 Å². The summed E-state index contributed by atoms with van der Waals surface area (Å²) < 4.78 is 6.24. The molecule has 35 heavy (non-hydrogen) atoms. The predicted molar refractivity (Wildman–Crippen MR) is 130 cm³/mol. The molecule has 3 amide bonds. The van der Waals surface area contributed by atoms with Crippen LogP contribution < -0.4 is 10.1 Å². The number of hydrogen-bond donors (Lipinski definition) is 1. The van der Waals surface area contributed by atoms with Crippen molar-refractivity contribution >= 4 is 17.7 Å². The molecule has 3 aliphatic rings. The number of aryl methyl sites for hydroxylation is 1. The summed E-state index contributed by atoms with van der Waals surface area (Å²) in [6.45, 7) is 5.01. The van der Waals surface area contributed by atoms with E-state index in [1.165, 1.54) is 18.4 Å². The molecule has 1 aromatic heterocycles. The first kappa shape index (κ1) is 23.5. The third kappa shape index (κ3) is 4.93. The smallest absolute Gasteiger partial charge is 0.255 e. The SMILES string of the molecule is CCc1ncccc1CN1CCCC[C@@H]1COc1ccc2c(c1)CN(C1CCC(=O)NC1=O)C2=O. The molecule has 5 rings (SSSR count). The number of imide groups is 1. The Morgan fingerprint density at radius 3 is 2.86 bits per heavy atom. The van der Waals surface area contributed by atoms with Crippen molar-refractivity contribution in [3.05, 3.63) is 58.9 Å². The van der Waals surface area contributed by atoms with Gasteiger partial charge in [0.15, 0.2) is 0 Å². The predicted octanol–water partition coefficient (Wildman–Crippen LogP) is 2.84. The van der Waals surface area contributed by atoms with Crippen LogP contribution in [0, 0.1) is 0 Å². The number of nitrogens with one attached hydrogen (secondary N) is 1. The summed E-state index contributed by atoms with van der Waals surface area (Å²) in [5, 5.41) is 2.35. The number of aromatic nitrogens is 1. The number of likely N-dealkylation sites (tertiary alicyclic amines) is 1. The third-order valence-corrected chi connectivity index (χ3v) is 7.38. The third-order valence-electron chi connectivity index (χ3n) is 7.38. The van der Waals surface area contributed by atoms with Crippen molar-refractivity contribution in [2.75, 3.05) is 13.2 Å². The molecule has 3 aliphatic heterocycles. The normalized spacial score (nSPS) is 22.8. The highest BCUT2D eigenvalue weighted by Gasteiger charge is 2.39. The topological polar surface area (TPSA) is 91.8 Å². The number of fused-ring (bicyclic) bond motifs is 1. The van der Waals surface area contributed by atoms with Gasteiger partial charge in [-0.2, -0.15) is 0 Å². The van der Waals surface area contributed by atoms with Crippen LogP contribution >= 0.6 is 0 Å². The van der Waals surface area contributed by atoms with Gasteiger partial charge in [-0.15, -0.1) is 0 Å². The number of hydrogen-bond acceptors (Lipinski definition) is 6. The van der Waals surface area contributed by atoms with Crippen molar-refractivity contribution in [2.45, 2.75) is 70.6 Å². The highest BCUT2D eigenvalue weighted by atomic mass is 16.5. The fourth-order valence-corrected chi connectivity index (χ4v) is 5.44.